The molecule has 0 amide bonds. The van der Waals surface area contributed by atoms with Gasteiger partial charge in [-0.1, -0.05) is 29.8 Å². The third-order valence-electron chi connectivity index (χ3n) is 2.14. The van der Waals surface area contributed by atoms with Gasteiger partial charge in [-0.05, 0) is 13.0 Å². The second-order valence-electron chi connectivity index (χ2n) is 3.17. The van der Waals surface area contributed by atoms with E-state index in [1.807, 2.05) is 31.2 Å². The Morgan fingerprint density at radius 2 is 2.13 bits per heavy atom. The van der Waals surface area contributed by atoms with Crippen LogP contribution in [0.1, 0.15) is 10.6 Å². The first kappa shape index (κ1) is 11.0. The number of aromatic nitrogens is 1. The summed E-state index contributed by atoms with van der Waals surface area (Å²) in [5.41, 5.74) is 2.05. The van der Waals surface area contributed by atoms with Crippen LogP contribution >= 0.6 is 35.6 Å². The Morgan fingerprint density at radius 1 is 1.40 bits per heavy atom. The van der Waals surface area contributed by atoms with Gasteiger partial charge in [0.25, 0.3) is 0 Å². The zero-order valence-corrected chi connectivity index (χ0v) is 10.7. The van der Waals surface area contributed by atoms with Gasteiger partial charge in [0.1, 0.15) is 5.01 Å². The van der Waals surface area contributed by atoms with E-state index in [9.17, 15) is 0 Å². The molecule has 0 fully saturated rings. The zero-order valence-electron chi connectivity index (χ0n) is 8.20. The van der Waals surface area contributed by atoms with Crippen LogP contribution in [-0.4, -0.2) is 4.98 Å². The predicted molar refractivity (Wildman–Crippen MR) is 70.0 cm³/mol. The minimum atomic E-state index is 0.730. The van der Waals surface area contributed by atoms with Crippen LogP contribution in [-0.2, 0) is 5.75 Å². The first-order valence-electron chi connectivity index (χ1n) is 4.54. The van der Waals surface area contributed by atoms with Gasteiger partial charge in [0.15, 0.2) is 0 Å². The zero-order chi connectivity index (χ0) is 10.8. The number of hydrogen-bond acceptors (Lipinski definition) is 3. The van der Waals surface area contributed by atoms with Crippen molar-refractivity contribution >= 4 is 35.6 Å². The fourth-order valence-electron chi connectivity index (χ4n) is 1.32. The number of rotatable bonds is 2. The molecule has 1 heterocycles. The number of thiol groups is 1. The molecule has 2 rings (SSSR count). The summed E-state index contributed by atoms with van der Waals surface area (Å²) < 4.78 is 0. The van der Waals surface area contributed by atoms with Crippen molar-refractivity contribution in [2.24, 2.45) is 0 Å². The Labute approximate surface area is 104 Å². The standard InChI is InChI=1S/C11H10ClNS2/c1-7-10(6-14)15-11(13-7)8-4-2-3-5-9(8)12/h2-5,14H,6H2,1H3. The average molecular weight is 256 g/mol. The summed E-state index contributed by atoms with van der Waals surface area (Å²) in [6.45, 7) is 2.00. The second-order valence-corrected chi connectivity index (χ2v) is 4.97. The molecule has 0 atom stereocenters. The maximum atomic E-state index is 6.11. The van der Waals surface area contributed by atoms with Crippen molar-refractivity contribution < 1.29 is 0 Å². The van der Waals surface area contributed by atoms with Crippen LogP contribution in [0, 0.1) is 6.92 Å². The molecule has 1 aromatic heterocycles. The molecule has 0 unspecified atom stereocenters. The summed E-state index contributed by atoms with van der Waals surface area (Å²) in [6, 6.07) is 7.76. The highest BCUT2D eigenvalue weighted by atomic mass is 35.5. The molecule has 0 radical (unpaired) electrons. The highest BCUT2D eigenvalue weighted by molar-refractivity contribution is 7.79. The van der Waals surface area contributed by atoms with Crippen LogP contribution in [0.2, 0.25) is 5.02 Å². The molecule has 0 bridgehead atoms. The fraction of sp³-hybridized carbons (Fsp3) is 0.182. The molecule has 1 aromatic carbocycles. The van der Waals surface area contributed by atoms with Gasteiger partial charge >= 0.3 is 0 Å². The lowest BCUT2D eigenvalue weighted by Gasteiger charge is -1.97. The van der Waals surface area contributed by atoms with E-state index in [2.05, 4.69) is 17.6 Å². The van der Waals surface area contributed by atoms with Crippen LogP contribution in [0.25, 0.3) is 10.6 Å². The van der Waals surface area contributed by atoms with Crippen molar-refractivity contribution in [1.29, 1.82) is 0 Å². The van der Waals surface area contributed by atoms with Gasteiger partial charge in [0.05, 0.1) is 10.7 Å². The van der Waals surface area contributed by atoms with Crippen molar-refractivity contribution in [2.75, 3.05) is 0 Å². The maximum absolute atomic E-state index is 6.11. The topological polar surface area (TPSA) is 12.9 Å². The van der Waals surface area contributed by atoms with Crippen LogP contribution in [0.5, 0.6) is 0 Å². The van der Waals surface area contributed by atoms with Crippen molar-refractivity contribution in [3.05, 3.63) is 39.9 Å². The highest BCUT2D eigenvalue weighted by Crippen LogP contribution is 2.33. The third kappa shape index (κ3) is 2.19. The Bertz CT molecular complexity index is 479. The molecule has 0 aliphatic carbocycles. The van der Waals surface area contributed by atoms with Gasteiger partial charge in [-0.2, -0.15) is 12.6 Å². The number of hydrogen-bond donors (Lipinski definition) is 1. The lowest BCUT2D eigenvalue weighted by atomic mass is 10.2. The minimum absolute atomic E-state index is 0.730. The van der Waals surface area contributed by atoms with Crippen LogP contribution < -0.4 is 0 Å². The van der Waals surface area contributed by atoms with Crippen LogP contribution in [0.3, 0.4) is 0 Å². The van der Waals surface area contributed by atoms with E-state index in [1.54, 1.807) is 11.3 Å². The number of nitrogens with zero attached hydrogens (tertiary/aromatic N) is 1. The monoisotopic (exact) mass is 255 g/mol. The average Bonchev–Trinajstić information content (AvgIpc) is 2.60. The summed E-state index contributed by atoms with van der Waals surface area (Å²) in [5.74, 6) is 0.730. The summed E-state index contributed by atoms with van der Waals surface area (Å²) >= 11 is 12.0. The number of benzene rings is 1. The lowest BCUT2D eigenvalue weighted by Crippen LogP contribution is -1.79. The molecule has 0 aliphatic rings. The van der Waals surface area contributed by atoms with E-state index in [0.29, 0.717) is 0 Å². The molecule has 15 heavy (non-hydrogen) atoms. The van der Waals surface area contributed by atoms with E-state index < -0.39 is 0 Å². The predicted octanol–water partition coefficient (Wildman–Crippen LogP) is 4.20. The van der Waals surface area contributed by atoms with Gasteiger partial charge in [-0.15, -0.1) is 11.3 Å². The summed E-state index contributed by atoms with van der Waals surface area (Å²) in [6.07, 6.45) is 0. The maximum Gasteiger partial charge on any atom is 0.125 e. The quantitative estimate of drug-likeness (QED) is 0.794. The molecule has 2 aromatic rings. The number of halogens is 1. The Balaban J connectivity index is 2.50. The van der Waals surface area contributed by atoms with E-state index >= 15 is 0 Å². The molecule has 0 spiro atoms. The van der Waals surface area contributed by atoms with Crippen molar-refractivity contribution in [3.63, 3.8) is 0 Å². The molecule has 0 aliphatic heterocycles. The molecule has 0 saturated heterocycles. The van der Waals surface area contributed by atoms with Gasteiger partial charge < -0.3 is 0 Å². The normalized spacial score (nSPS) is 10.6. The lowest BCUT2D eigenvalue weighted by molar-refractivity contribution is 1.22. The Morgan fingerprint density at radius 3 is 2.73 bits per heavy atom. The van der Waals surface area contributed by atoms with Crippen LogP contribution in [0.4, 0.5) is 0 Å². The van der Waals surface area contributed by atoms with Gasteiger partial charge in [0, 0.05) is 16.2 Å². The van der Waals surface area contributed by atoms with E-state index in [-0.39, 0.29) is 0 Å². The molecular weight excluding hydrogens is 246 g/mol. The first-order valence-corrected chi connectivity index (χ1v) is 6.37. The van der Waals surface area contributed by atoms with Crippen LogP contribution in [0.15, 0.2) is 24.3 Å². The molecule has 0 saturated carbocycles. The van der Waals surface area contributed by atoms with Gasteiger partial charge in [0.2, 0.25) is 0 Å². The fourth-order valence-corrected chi connectivity index (χ4v) is 2.99. The Hall–Kier alpha value is -0.510. The van der Waals surface area contributed by atoms with Gasteiger partial charge in [-0.3, -0.25) is 0 Å². The molecular formula is C11H10ClNS2. The van der Waals surface area contributed by atoms with Gasteiger partial charge in [-0.25, -0.2) is 4.98 Å². The molecule has 78 valence electrons. The number of thiazole rings is 1. The summed E-state index contributed by atoms with van der Waals surface area (Å²) in [4.78, 5) is 5.70. The van der Waals surface area contributed by atoms with E-state index in [4.69, 9.17) is 11.6 Å². The molecule has 1 nitrogen and oxygen atoms in total. The third-order valence-corrected chi connectivity index (χ3v) is 4.19. The Kier molecular flexibility index (Phi) is 3.34. The smallest absolute Gasteiger partial charge is 0.125 e. The van der Waals surface area contributed by atoms with Crippen molar-refractivity contribution in [2.45, 2.75) is 12.7 Å². The van der Waals surface area contributed by atoms with E-state index in [0.717, 1.165) is 27.0 Å². The molecule has 4 heteroatoms. The summed E-state index contributed by atoms with van der Waals surface area (Å²) in [7, 11) is 0. The first-order chi connectivity index (χ1) is 7.22. The van der Waals surface area contributed by atoms with Crippen molar-refractivity contribution in [3.8, 4) is 10.6 Å². The van der Waals surface area contributed by atoms with Crippen molar-refractivity contribution in [1.82, 2.24) is 4.98 Å². The second kappa shape index (κ2) is 4.56. The highest BCUT2D eigenvalue weighted by Gasteiger charge is 2.10. The SMILES string of the molecule is Cc1nc(-c2ccccc2Cl)sc1CS. The largest absolute Gasteiger partial charge is 0.241 e. The number of aryl methyl sites for hydroxylation is 1. The summed E-state index contributed by atoms with van der Waals surface area (Å²) in [5, 5.41) is 1.72. The minimum Gasteiger partial charge on any atom is -0.241 e. The van der Waals surface area contributed by atoms with E-state index in [1.165, 1.54) is 4.88 Å². The molecule has 0 N–H and O–H groups in total.